The number of hydrogen-bond donors (Lipinski definition) is 2. The van der Waals surface area contributed by atoms with E-state index < -0.39 is 0 Å². The van der Waals surface area contributed by atoms with Crippen LogP contribution < -0.4 is 10.6 Å². The summed E-state index contributed by atoms with van der Waals surface area (Å²) in [5.74, 6) is -0.0446. The second-order valence-electron chi connectivity index (χ2n) is 7.34. The van der Waals surface area contributed by atoms with Gasteiger partial charge in [0, 0.05) is 19.1 Å². The van der Waals surface area contributed by atoms with Crippen LogP contribution in [0.25, 0.3) is 0 Å². The van der Waals surface area contributed by atoms with E-state index in [2.05, 4.69) is 10.6 Å². The van der Waals surface area contributed by atoms with Crippen molar-refractivity contribution in [1.29, 1.82) is 0 Å². The van der Waals surface area contributed by atoms with Gasteiger partial charge in [0.15, 0.2) is 0 Å². The SMILES string of the molecule is Cc1ccc(CNC(=O)C2CCCN2C(=O)NC2CCCCC2)cc1. The molecular weight excluding hydrogens is 314 g/mol. The lowest BCUT2D eigenvalue weighted by atomic mass is 9.96. The molecule has 5 heteroatoms. The zero-order chi connectivity index (χ0) is 17.6. The van der Waals surface area contributed by atoms with E-state index in [0.29, 0.717) is 13.1 Å². The van der Waals surface area contributed by atoms with Gasteiger partial charge in [0.05, 0.1) is 0 Å². The van der Waals surface area contributed by atoms with Gasteiger partial charge in [0.25, 0.3) is 0 Å². The van der Waals surface area contributed by atoms with Gasteiger partial charge in [0.1, 0.15) is 6.04 Å². The number of urea groups is 1. The third kappa shape index (κ3) is 4.74. The number of nitrogens with one attached hydrogen (secondary N) is 2. The Kier molecular flexibility index (Phi) is 5.95. The fourth-order valence-electron chi connectivity index (χ4n) is 3.80. The third-order valence-electron chi connectivity index (χ3n) is 5.34. The normalized spacial score (nSPS) is 21.2. The van der Waals surface area contributed by atoms with Gasteiger partial charge in [-0.15, -0.1) is 0 Å². The Balaban J connectivity index is 1.51. The number of benzene rings is 1. The van der Waals surface area contributed by atoms with Gasteiger partial charge in [-0.1, -0.05) is 49.1 Å². The van der Waals surface area contributed by atoms with Gasteiger partial charge in [-0.3, -0.25) is 4.79 Å². The molecule has 1 aliphatic heterocycles. The molecule has 0 spiro atoms. The second-order valence-corrected chi connectivity index (χ2v) is 7.34. The van der Waals surface area contributed by atoms with Crippen molar-refractivity contribution < 1.29 is 9.59 Å². The summed E-state index contributed by atoms with van der Waals surface area (Å²) in [5.41, 5.74) is 2.28. The van der Waals surface area contributed by atoms with Gasteiger partial charge in [0.2, 0.25) is 5.91 Å². The minimum atomic E-state index is -0.339. The van der Waals surface area contributed by atoms with E-state index in [4.69, 9.17) is 0 Å². The molecule has 1 saturated heterocycles. The highest BCUT2D eigenvalue weighted by Gasteiger charge is 2.34. The van der Waals surface area contributed by atoms with Crippen molar-refractivity contribution >= 4 is 11.9 Å². The number of carbonyl (C=O) groups is 2. The topological polar surface area (TPSA) is 61.4 Å². The summed E-state index contributed by atoms with van der Waals surface area (Å²) in [6, 6.07) is 8.00. The first-order valence-corrected chi connectivity index (χ1v) is 9.54. The van der Waals surface area contributed by atoms with E-state index in [1.54, 1.807) is 4.90 Å². The van der Waals surface area contributed by atoms with Gasteiger partial charge in [-0.25, -0.2) is 4.79 Å². The van der Waals surface area contributed by atoms with Crippen molar-refractivity contribution in [3.05, 3.63) is 35.4 Å². The minimum absolute atomic E-state index is 0.0446. The van der Waals surface area contributed by atoms with Gasteiger partial charge < -0.3 is 15.5 Å². The van der Waals surface area contributed by atoms with E-state index >= 15 is 0 Å². The molecule has 5 nitrogen and oxygen atoms in total. The number of carbonyl (C=O) groups excluding carboxylic acids is 2. The van der Waals surface area contributed by atoms with Crippen LogP contribution in [0.2, 0.25) is 0 Å². The molecule has 3 amide bonds. The number of nitrogens with zero attached hydrogens (tertiary/aromatic N) is 1. The predicted molar refractivity (Wildman–Crippen MR) is 98.2 cm³/mol. The molecule has 3 rings (SSSR count). The Bertz CT molecular complexity index is 593. The summed E-state index contributed by atoms with van der Waals surface area (Å²) in [6.07, 6.45) is 7.39. The van der Waals surface area contributed by atoms with Crippen molar-refractivity contribution in [2.24, 2.45) is 0 Å². The number of aryl methyl sites for hydroxylation is 1. The minimum Gasteiger partial charge on any atom is -0.350 e. The first-order valence-electron chi connectivity index (χ1n) is 9.54. The molecule has 2 N–H and O–H groups in total. The Morgan fingerprint density at radius 1 is 1.04 bits per heavy atom. The average molecular weight is 343 g/mol. The zero-order valence-electron chi connectivity index (χ0n) is 15.1. The van der Waals surface area contributed by atoms with Crippen LogP contribution in [-0.4, -0.2) is 35.5 Å². The van der Waals surface area contributed by atoms with Crippen molar-refractivity contribution in [2.45, 2.75) is 70.5 Å². The van der Waals surface area contributed by atoms with Crippen LogP contribution in [0.1, 0.15) is 56.1 Å². The molecule has 1 atom stereocenters. The van der Waals surface area contributed by atoms with Crippen molar-refractivity contribution in [2.75, 3.05) is 6.54 Å². The summed E-state index contributed by atoms with van der Waals surface area (Å²) >= 11 is 0. The zero-order valence-corrected chi connectivity index (χ0v) is 15.1. The largest absolute Gasteiger partial charge is 0.350 e. The van der Waals surface area contributed by atoms with E-state index in [1.165, 1.54) is 24.8 Å². The molecule has 25 heavy (non-hydrogen) atoms. The summed E-state index contributed by atoms with van der Waals surface area (Å²) in [4.78, 5) is 26.9. The van der Waals surface area contributed by atoms with E-state index in [1.807, 2.05) is 31.2 Å². The molecule has 1 aliphatic carbocycles. The molecule has 1 aromatic carbocycles. The van der Waals surface area contributed by atoms with Crippen LogP contribution in [0.15, 0.2) is 24.3 Å². The van der Waals surface area contributed by atoms with Crippen molar-refractivity contribution in [3.8, 4) is 0 Å². The second kappa shape index (κ2) is 8.37. The first-order chi connectivity index (χ1) is 12.1. The van der Waals surface area contributed by atoms with E-state index in [-0.39, 0.29) is 24.0 Å². The fourth-order valence-corrected chi connectivity index (χ4v) is 3.80. The first kappa shape index (κ1) is 17.8. The molecule has 1 unspecified atom stereocenters. The molecule has 0 bridgehead atoms. The predicted octanol–water partition coefficient (Wildman–Crippen LogP) is 3.12. The van der Waals surface area contributed by atoms with Crippen LogP contribution in [0.4, 0.5) is 4.79 Å². The summed E-state index contributed by atoms with van der Waals surface area (Å²) in [7, 11) is 0. The maximum absolute atomic E-state index is 12.6. The van der Waals surface area contributed by atoms with E-state index in [0.717, 1.165) is 31.2 Å². The smallest absolute Gasteiger partial charge is 0.318 e. The highest BCUT2D eigenvalue weighted by Crippen LogP contribution is 2.21. The molecule has 1 saturated carbocycles. The lowest BCUT2D eigenvalue weighted by Gasteiger charge is -2.29. The summed E-state index contributed by atoms with van der Waals surface area (Å²) < 4.78 is 0. The Hall–Kier alpha value is -2.04. The van der Waals surface area contributed by atoms with Gasteiger partial charge >= 0.3 is 6.03 Å². The van der Waals surface area contributed by atoms with Crippen molar-refractivity contribution in [1.82, 2.24) is 15.5 Å². The van der Waals surface area contributed by atoms with Gasteiger partial charge in [-0.2, -0.15) is 0 Å². The third-order valence-corrected chi connectivity index (χ3v) is 5.34. The van der Waals surface area contributed by atoms with Crippen molar-refractivity contribution in [3.63, 3.8) is 0 Å². The van der Waals surface area contributed by atoms with Crippen LogP contribution >= 0.6 is 0 Å². The quantitative estimate of drug-likeness (QED) is 0.882. The molecule has 136 valence electrons. The molecule has 1 aromatic rings. The number of likely N-dealkylation sites (tertiary alicyclic amines) is 1. The summed E-state index contributed by atoms with van der Waals surface area (Å²) in [6.45, 7) is 3.22. The monoisotopic (exact) mass is 343 g/mol. The standard InChI is InChI=1S/C20H29N3O2/c1-15-9-11-16(12-10-15)14-21-19(24)18-8-5-13-23(18)20(25)22-17-6-3-2-4-7-17/h9-12,17-18H,2-8,13-14H2,1H3,(H,21,24)(H,22,25). The maximum Gasteiger partial charge on any atom is 0.318 e. The Morgan fingerprint density at radius 3 is 2.48 bits per heavy atom. The molecule has 1 heterocycles. The summed E-state index contributed by atoms with van der Waals surface area (Å²) in [5, 5.41) is 6.12. The van der Waals surface area contributed by atoms with Crippen LogP contribution in [0, 0.1) is 6.92 Å². The molecule has 0 radical (unpaired) electrons. The lowest BCUT2D eigenvalue weighted by Crippen LogP contribution is -2.51. The van der Waals surface area contributed by atoms with Crippen LogP contribution in [0.5, 0.6) is 0 Å². The molecular formula is C20H29N3O2. The average Bonchev–Trinajstić information content (AvgIpc) is 3.12. The van der Waals surface area contributed by atoms with Gasteiger partial charge in [-0.05, 0) is 38.2 Å². The van der Waals surface area contributed by atoms with Crippen LogP contribution in [0.3, 0.4) is 0 Å². The highest BCUT2D eigenvalue weighted by molar-refractivity contribution is 5.87. The molecule has 2 fully saturated rings. The maximum atomic E-state index is 12.6. The number of rotatable bonds is 4. The highest BCUT2D eigenvalue weighted by atomic mass is 16.2. The fraction of sp³-hybridized carbons (Fsp3) is 0.600. The Labute approximate surface area is 150 Å². The molecule has 0 aromatic heterocycles. The molecule has 2 aliphatic rings. The Morgan fingerprint density at radius 2 is 1.76 bits per heavy atom. The van der Waals surface area contributed by atoms with E-state index in [9.17, 15) is 9.59 Å². The van der Waals surface area contributed by atoms with Crippen LogP contribution in [-0.2, 0) is 11.3 Å². The lowest BCUT2D eigenvalue weighted by molar-refractivity contribution is -0.124. The number of amides is 3. The number of hydrogen-bond acceptors (Lipinski definition) is 2.